The zero-order chi connectivity index (χ0) is 28.9. The minimum absolute atomic E-state index is 0. The van der Waals surface area contributed by atoms with Gasteiger partial charge in [-0.3, -0.25) is 9.59 Å². The van der Waals surface area contributed by atoms with E-state index in [1.807, 2.05) is 0 Å². The molecule has 14 N–H and O–H groups in total. The number of hydrogen-bond acceptors (Lipinski definition) is 13. The predicted molar refractivity (Wildman–Crippen MR) is 102 cm³/mol. The van der Waals surface area contributed by atoms with Gasteiger partial charge in [-0.1, -0.05) is 0 Å². The molecule has 0 aromatic heterocycles. The molecule has 0 aliphatic rings. The predicted octanol–water partition coefficient (Wildman–Crippen LogP) is -8.44. The summed E-state index contributed by atoms with van der Waals surface area (Å²) in [6.45, 7) is -0.843. The van der Waals surface area contributed by atoms with Crippen LogP contribution in [0.25, 0.3) is 0 Å². The van der Waals surface area contributed by atoms with Crippen molar-refractivity contribution in [2.45, 2.75) is 42.9 Å². The second-order valence-electron chi connectivity index (χ2n) is 6.05. The van der Waals surface area contributed by atoms with Crippen LogP contribution in [0.4, 0.5) is 0 Å². The molecule has 4 atom stereocenters. The van der Waals surface area contributed by atoms with Gasteiger partial charge in [0.1, 0.15) is 18.3 Å². The maximum absolute atomic E-state index is 10.3. The number of carbonyl (C=O) groups is 4. The fourth-order valence-corrected chi connectivity index (χ4v) is 2.63. The Hall–Kier alpha value is -0.464. The van der Waals surface area contributed by atoms with Crippen molar-refractivity contribution in [3.8, 4) is 0 Å². The smallest absolute Gasteiger partial charge is 1.00 e. The molecule has 0 saturated heterocycles. The monoisotopic (exact) mass is 606 g/mol. The zero-order valence-electron chi connectivity index (χ0n) is 18.9. The van der Waals surface area contributed by atoms with Crippen LogP contribution in [0.2, 0.25) is 0 Å². The minimum atomic E-state index is -5.05. The Balaban J connectivity index is -0.000000137. The Bertz CT molecular complexity index is 775. The molecule has 24 heteroatoms. The van der Waals surface area contributed by atoms with Gasteiger partial charge in [-0.05, 0) is 0 Å². The summed E-state index contributed by atoms with van der Waals surface area (Å²) in [7, 11) is -10.1. The van der Waals surface area contributed by atoms with Crippen molar-refractivity contribution in [3.63, 3.8) is 0 Å². The molecule has 0 radical (unpaired) electrons. The van der Waals surface area contributed by atoms with Gasteiger partial charge in [0.15, 0.2) is 11.7 Å². The van der Waals surface area contributed by atoms with Crippen LogP contribution >= 0.6 is 15.6 Å². The fourth-order valence-electron chi connectivity index (χ4n) is 1.52. The van der Waals surface area contributed by atoms with Crippen LogP contribution in [0.5, 0.6) is 0 Å². The third-order valence-electron chi connectivity index (χ3n) is 3.01. The summed E-state index contributed by atoms with van der Waals surface area (Å²) in [5, 5.41) is 85.6. The molecule has 0 heterocycles. The summed E-state index contributed by atoms with van der Waals surface area (Å²) in [5.41, 5.74) is -2.74. The first-order chi connectivity index (χ1) is 15.4. The van der Waals surface area contributed by atoms with E-state index < -0.39 is 89.0 Å². The number of carboxylic acid groups (broad SMARTS) is 4. The number of carboxylic acids is 4. The van der Waals surface area contributed by atoms with E-state index >= 15 is 0 Å². The topological polar surface area (TPSA) is 395 Å². The molecule has 0 aromatic rings. The number of aliphatic hydroxyl groups excluding tert-OH is 5. The van der Waals surface area contributed by atoms with E-state index in [4.69, 9.17) is 70.6 Å². The molecule has 21 nitrogen and oxygen atoms in total. The van der Waals surface area contributed by atoms with E-state index in [-0.39, 0.29) is 52.8 Å². The van der Waals surface area contributed by atoms with Crippen molar-refractivity contribution in [2.75, 3.05) is 6.61 Å². The van der Waals surface area contributed by atoms with Crippen LogP contribution in [0, 0.1) is 0 Å². The Morgan fingerprint density at radius 3 is 1.28 bits per heavy atom. The summed E-state index contributed by atoms with van der Waals surface area (Å²) >= 11 is 0. The average molecular weight is 606 g/mol. The molecule has 0 rings (SSSR count). The third-order valence-corrected chi connectivity index (χ3v) is 4.71. The fraction of sp³-hybridized carbons (Fsp3) is 0.667. The molecular formula is C12H25KO21P2. The van der Waals surface area contributed by atoms with Gasteiger partial charge < -0.3 is 72.1 Å². The molecular weight excluding hydrogens is 581 g/mol. The van der Waals surface area contributed by atoms with Gasteiger partial charge in [0.2, 0.25) is 0 Å². The third kappa shape index (κ3) is 22.7. The molecule has 210 valence electrons. The van der Waals surface area contributed by atoms with Crippen molar-refractivity contribution in [3.05, 3.63) is 0 Å². The second kappa shape index (κ2) is 18.7. The van der Waals surface area contributed by atoms with Crippen molar-refractivity contribution in [1.29, 1.82) is 0 Å². The number of rotatable bonds is 12. The van der Waals surface area contributed by atoms with Crippen LogP contribution in [-0.2, 0) is 32.6 Å². The Labute approximate surface area is 243 Å². The maximum atomic E-state index is 10.3. The number of phosphoric acid groups is 2. The molecule has 0 fully saturated rings. The van der Waals surface area contributed by atoms with E-state index in [0.717, 1.165) is 0 Å². The Kier molecular flexibility index (Phi) is 22.2. The molecule has 36 heavy (non-hydrogen) atoms. The maximum Gasteiger partial charge on any atom is 1.00 e. The van der Waals surface area contributed by atoms with Gasteiger partial charge in [0, 0.05) is 0 Å². The first kappa shape index (κ1) is 42.6. The van der Waals surface area contributed by atoms with Gasteiger partial charge >= 0.3 is 90.9 Å². The quantitative estimate of drug-likeness (QED) is 0.0724. The molecule has 0 aliphatic carbocycles. The van der Waals surface area contributed by atoms with E-state index in [0.29, 0.717) is 0 Å². The van der Waals surface area contributed by atoms with Crippen LogP contribution in [0.3, 0.4) is 0 Å². The zero-order valence-corrected chi connectivity index (χ0v) is 22.9. The standard InChI is InChI=1S/C6H8O7.C6H12O7.K.H4O7P2.H/c7-3(8)1-6(13,5(11)12)2-4(9)10;7-1-2(8)3(9)4(10)5(11)6(12)13;;1-8(2,3)7-9(4,5)6;/h13H,1-2H2,(H,7,8)(H,9,10)(H,11,12);2-5,7-11H,1H2,(H,12,13);;(H2,1,2,3)(H2,4,5,6);/q;;+1;;-1/t;2-,3-,4+,5-;;;/m.1.../s1. The number of aliphatic carboxylic acids is 4. The van der Waals surface area contributed by atoms with Crippen molar-refractivity contribution >= 4 is 39.5 Å². The van der Waals surface area contributed by atoms with Gasteiger partial charge in [-0.2, -0.15) is 4.31 Å². The summed E-state index contributed by atoms with van der Waals surface area (Å²) < 4.78 is 22.2. The van der Waals surface area contributed by atoms with E-state index in [1.165, 1.54) is 0 Å². The van der Waals surface area contributed by atoms with Crippen LogP contribution in [0.15, 0.2) is 0 Å². The summed E-state index contributed by atoms with van der Waals surface area (Å²) in [4.78, 5) is 71.6. The molecule has 0 saturated carbocycles. The normalized spacial score (nSPS) is 14.7. The van der Waals surface area contributed by atoms with Crippen molar-refractivity contribution < 1.29 is 156 Å². The Morgan fingerprint density at radius 2 is 1.11 bits per heavy atom. The average Bonchev–Trinajstić information content (AvgIpc) is 2.62. The second-order valence-corrected chi connectivity index (χ2v) is 8.67. The molecule has 0 spiro atoms. The van der Waals surface area contributed by atoms with Crippen LogP contribution in [-0.4, -0.2) is 131 Å². The van der Waals surface area contributed by atoms with Gasteiger partial charge in [0.25, 0.3) is 0 Å². The molecule has 0 unspecified atom stereocenters. The molecule has 0 aliphatic heterocycles. The summed E-state index contributed by atoms with van der Waals surface area (Å²) in [6.07, 6.45) is -10.1. The summed E-state index contributed by atoms with van der Waals surface area (Å²) in [6, 6.07) is 0. The van der Waals surface area contributed by atoms with Crippen molar-refractivity contribution in [2.24, 2.45) is 0 Å². The van der Waals surface area contributed by atoms with Crippen LogP contribution < -0.4 is 51.4 Å². The molecule has 0 aromatic carbocycles. The van der Waals surface area contributed by atoms with E-state index in [1.54, 1.807) is 0 Å². The van der Waals surface area contributed by atoms with Crippen molar-refractivity contribution in [1.82, 2.24) is 0 Å². The number of aliphatic hydroxyl groups is 6. The first-order valence-corrected chi connectivity index (χ1v) is 11.2. The largest absolute Gasteiger partial charge is 1.00 e. The van der Waals surface area contributed by atoms with Gasteiger partial charge in [0.05, 0.1) is 19.4 Å². The molecule has 0 amide bonds. The van der Waals surface area contributed by atoms with E-state index in [9.17, 15) is 28.3 Å². The summed E-state index contributed by atoms with van der Waals surface area (Å²) in [5.74, 6) is -6.74. The number of hydrogen-bond donors (Lipinski definition) is 14. The Morgan fingerprint density at radius 1 is 0.778 bits per heavy atom. The van der Waals surface area contributed by atoms with E-state index in [2.05, 4.69) is 4.31 Å². The van der Waals surface area contributed by atoms with Gasteiger partial charge in [-0.15, -0.1) is 0 Å². The van der Waals surface area contributed by atoms with Gasteiger partial charge in [-0.25, -0.2) is 18.7 Å². The first-order valence-electron chi connectivity index (χ1n) is 8.17. The SMILES string of the molecule is O=C(O)CC(O)(CC(=O)O)C(=O)O.O=C(O)[C@H](O)[C@@H](O)[C@H](O)[C@H](O)CO.O=P(O)(O)OP(=O)(O)O.[H-].[K+]. The minimum Gasteiger partial charge on any atom is -1.00 e. The van der Waals surface area contributed by atoms with Crippen LogP contribution in [0.1, 0.15) is 14.3 Å². The molecule has 0 bridgehead atoms.